The Morgan fingerprint density at radius 1 is 1.05 bits per heavy atom. The number of para-hydroxylation sites is 1. The lowest BCUT2D eigenvalue weighted by Crippen LogP contribution is -2.45. The molecule has 0 amide bonds. The molecule has 39 heavy (non-hydrogen) atoms. The van der Waals surface area contributed by atoms with E-state index < -0.39 is 12.1 Å². The van der Waals surface area contributed by atoms with Crippen LogP contribution >= 0.6 is 11.8 Å². The van der Waals surface area contributed by atoms with Crippen LogP contribution in [0.15, 0.2) is 89.3 Å². The Labute approximate surface area is 226 Å². The van der Waals surface area contributed by atoms with Gasteiger partial charge in [0.1, 0.15) is 12.1 Å². The summed E-state index contributed by atoms with van der Waals surface area (Å²) in [6.07, 6.45) is -1.64. The minimum absolute atomic E-state index is 0.311. The molecule has 1 fully saturated rings. The van der Waals surface area contributed by atoms with Crippen LogP contribution in [0.25, 0.3) is 17.1 Å². The summed E-state index contributed by atoms with van der Waals surface area (Å²) in [6, 6.07) is 20.5. The van der Waals surface area contributed by atoms with Crippen LogP contribution in [0.4, 0.5) is 18.9 Å². The maximum absolute atomic E-state index is 12.4. The summed E-state index contributed by atoms with van der Waals surface area (Å²) in [4.78, 5) is 6.10. The Morgan fingerprint density at radius 3 is 2.46 bits per heavy atom. The Morgan fingerprint density at radius 2 is 1.77 bits per heavy atom. The van der Waals surface area contributed by atoms with Gasteiger partial charge in [-0.05, 0) is 55.3 Å². The lowest BCUT2D eigenvalue weighted by atomic mass is 10.1. The fourth-order valence-electron chi connectivity index (χ4n) is 3.97. The van der Waals surface area contributed by atoms with E-state index >= 15 is 0 Å². The zero-order chi connectivity index (χ0) is 27.6. The summed E-state index contributed by atoms with van der Waals surface area (Å²) < 4.78 is 42.5. The number of hydrogen-bond donors (Lipinski definition) is 1. The molecule has 8 nitrogen and oxygen atoms in total. The summed E-state index contributed by atoms with van der Waals surface area (Å²) in [5, 5.41) is 24.5. The Balaban J connectivity index is 1.28. The number of benzene rings is 3. The molecule has 0 bridgehead atoms. The van der Waals surface area contributed by atoms with Crippen molar-refractivity contribution >= 4 is 28.8 Å². The molecule has 1 aliphatic heterocycles. The Bertz CT molecular complexity index is 1520. The Kier molecular flexibility index (Phi) is 7.15. The summed E-state index contributed by atoms with van der Waals surface area (Å²) in [5.41, 5.74) is 2.92. The number of aryl methyl sites for hydroxylation is 1. The van der Waals surface area contributed by atoms with E-state index in [9.17, 15) is 18.3 Å². The maximum atomic E-state index is 12.4. The van der Waals surface area contributed by atoms with E-state index in [4.69, 9.17) is 0 Å². The number of alkyl halides is 3. The monoisotopic (exact) mass is 552 g/mol. The van der Waals surface area contributed by atoms with E-state index in [0.29, 0.717) is 22.4 Å². The first-order chi connectivity index (χ1) is 18.6. The molecule has 1 aromatic heterocycles. The summed E-state index contributed by atoms with van der Waals surface area (Å²) in [5.74, 6) is 0.608. The Hall–Kier alpha value is -4.16. The SMILES string of the molecule is Cc1ccccc1N1/C(=N/N=C/c2ccc(-c3ncn(-c4ccc(OC(F)(F)F)cc4)n3)cc2)SCC1(C)O. The molecule has 1 N–H and O–H groups in total. The van der Waals surface area contributed by atoms with Crippen LogP contribution < -0.4 is 9.64 Å². The molecule has 0 aliphatic carbocycles. The molecule has 5 rings (SSSR count). The zero-order valence-electron chi connectivity index (χ0n) is 20.9. The minimum Gasteiger partial charge on any atom is -0.406 e. The molecule has 1 atom stereocenters. The number of hydrogen-bond acceptors (Lipinski definition) is 7. The topological polar surface area (TPSA) is 88.1 Å². The molecule has 0 spiro atoms. The molecule has 0 saturated carbocycles. The number of anilines is 1. The summed E-state index contributed by atoms with van der Waals surface area (Å²) in [6.45, 7) is 3.74. The van der Waals surface area contributed by atoms with Gasteiger partial charge < -0.3 is 9.84 Å². The van der Waals surface area contributed by atoms with Crippen molar-refractivity contribution < 1.29 is 23.0 Å². The fraction of sp³-hybridized carbons (Fsp3) is 0.185. The lowest BCUT2D eigenvalue weighted by molar-refractivity contribution is -0.274. The van der Waals surface area contributed by atoms with Gasteiger partial charge >= 0.3 is 6.36 Å². The van der Waals surface area contributed by atoms with Crippen molar-refractivity contribution in [1.82, 2.24) is 14.8 Å². The van der Waals surface area contributed by atoms with Crippen molar-refractivity contribution in [1.29, 1.82) is 0 Å². The van der Waals surface area contributed by atoms with Crippen LogP contribution in [0.2, 0.25) is 0 Å². The number of thioether (sulfide) groups is 1. The van der Waals surface area contributed by atoms with E-state index in [0.717, 1.165) is 22.4 Å². The van der Waals surface area contributed by atoms with Gasteiger partial charge in [0, 0.05) is 17.0 Å². The van der Waals surface area contributed by atoms with Gasteiger partial charge in [0.05, 0.1) is 11.9 Å². The van der Waals surface area contributed by atoms with E-state index in [2.05, 4.69) is 25.0 Å². The van der Waals surface area contributed by atoms with Crippen molar-refractivity contribution in [2.45, 2.75) is 25.9 Å². The van der Waals surface area contributed by atoms with Crippen LogP contribution in [0.3, 0.4) is 0 Å². The first-order valence-corrected chi connectivity index (χ1v) is 12.8. The molecule has 12 heteroatoms. The van der Waals surface area contributed by atoms with Gasteiger partial charge in [0.25, 0.3) is 0 Å². The smallest absolute Gasteiger partial charge is 0.406 e. The standard InChI is InChI=1S/C27H23F3N6O2S/c1-18-5-3-4-6-23(18)36-25(39-16-26(36,2)37)33-32-15-19-7-9-20(10-8-19)24-31-17-35(34-24)21-11-13-22(14-12-21)38-27(28,29)30/h3-15,17,37H,16H2,1-2H3/b32-15+,33-25-. The quantitative estimate of drug-likeness (QED) is 0.241. The third kappa shape index (κ3) is 6.13. The second-order valence-electron chi connectivity index (χ2n) is 8.93. The highest BCUT2D eigenvalue weighted by Crippen LogP contribution is 2.37. The number of nitrogens with zero attached hydrogens (tertiary/aromatic N) is 6. The predicted molar refractivity (Wildman–Crippen MR) is 145 cm³/mol. The number of aromatic nitrogens is 3. The van der Waals surface area contributed by atoms with Crippen molar-refractivity contribution in [2.75, 3.05) is 10.7 Å². The zero-order valence-corrected chi connectivity index (χ0v) is 21.7. The van der Waals surface area contributed by atoms with E-state index in [-0.39, 0.29) is 5.75 Å². The predicted octanol–water partition coefficient (Wildman–Crippen LogP) is 5.79. The van der Waals surface area contributed by atoms with Crippen LogP contribution in [0.1, 0.15) is 18.1 Å². The summed E-state index contributed by atoms with van der Waals surface area (Å²) in [7, 11) is 0. The van der Waals surface area contributed by atoms with E-state index in [1.54, 1.807) is 18.0 Å². The third-order valence-electron chi connectivity index (χ3n) is 5.85. The molecule has 1 aliphatic rings. The molecule has 0 radical (unpaired) electrons. The normalized spacial score (nSPS) is 18.8. The second-order valence-corrected chi connectivity index (χ2v) is 9.87. The van der Waals surface area contributed by atoms with Crippen molar-refractivity contribution in [2.24, 2.45) is 10.2 Å². The molecule has 200 valence electrons. The summed E-state index contributed by atoms with van der Waals surface area (Å²) >= 11 is 1.44. The first kappa shape index (κ1) is 26.4. The number of amidine groups is 1. The minimum atomic E-state index is -4.75. The van der Waals surface area contributed by atoms with Gasteiger partial charge in [-0.25, -0.2) is 9.67 Å². The van der Waals surface area contributed by atoms with Crippen LogP contribution in [-0.4, -0.2) is 49.1 Å². The van der Waals surface area contributed by atoms with Crippen LogP contribution in [-0.2, 0) is 0 Å². The van der Waals surface area contributed by atoms with Gasteiger partial charge in [-0.1, -0.05) is 54.2 Å². The van der Waals surface area contributed by atoms with Crippen molar-refractivity contribution in [3.05, 3.63) is 90.3 Å². The highest BCUT2D eigenvalue weighted by atomic mass is 32.2. The largest absolute Gasteiger partial charge is 0.573 e. The average Bonchev–Trinajstić information content (AvgIpc) is 3.49. The van der Waals surface area contributed by atoms with Crippen molar-refractivity contribution in [3.63, 3.8) is 0 Å². The van der Waals surface area contributed by atoms with E-state index in [1.165, 1.54) is 47.0 Å². The maximum Gasteiger partial charge on any atom is 0.573 e. The molecule has 1 saturated heterocycles. The lowest BCUT2D eigenvalue weighted by Gasteiger charge is -2.31. The number of aliphatic hydroxyl groups is 1. The molecule has 3 aromatic carbocycles. The highest BCUT2D eigenvalue weighted by molar-refractivity contribution is 8.14. The molecule has 4 aromatic rings. The molecular weight excluding hydrogens is 529 g/mol. The van der Waals surface area contributed by atoms with Crippen LogP contribution in [0, 0.1) is 6.92 Å². The second kappa shape index (κ2) is 10.5. The van der Waals surface area contributed by atoms with Gasteiger partial charge in [-0.3, -0.25) is 4.90 Å². The van der Waals surface area contributed by atoms with Crippen molar-refractivity contribution in [3.8, 4) is 22.8 Å². The van der Waals surface area contributed by atoms with Gasteiger partial charge in [-0.2, -0.15) is 5.10 Å². The van der Waals surface area contributed by atoms with Crippen LogP contribution in [0.5, 0.6) is 5.75 Å². The number of ether oxygens (including phenoxy) is 1. The highest BCUT2D eigenvalue weighted by Gasteiger charge is 2.41. The van der Waals surface area contributed by atoms with Gasteiger partial charge in [0.2, 0.25) is 0 Å². The average molecular weight is 553 g/mol. The molecule has 2 heterocycles. The van der Waals surface area contributed by atoms with Gasteiger partial charge in [-0.15, -0.1) is 23.4 Å². The van der Waals surface area contributed by atoms with E-state index in [1.807, 2.05) is 55.5 Å². The third-order valence-corrected chi connectivity index (χ3v) is 7.06. The fourth-order valence-corrected chi connectivity index (χ4v) is 5.03. The number of rotatable bonds is 6. The first-order valence-electron chi connectivity index (χ1n) is 11.8. The molecular formula is C27H23F3N6O2S. The molecule has 1 unspecified atom stereocenters. The number of halogens is 3. The van der Waals surface area contributed by atoms with Gasteiger partial charge in [0.15, 0.2) is 16.7 Å².